The van der Waals surface area contributed by atoms with Crippen LogP contribution in [0, 0.1) is 0 Å². The highest BCUT2D eigenvalue weighted by atomic mass is 32.2. The molecule has 0 heterocycles. The highest BCUT2D eigenvalue weighted by Crippen LogP contribution is 2.15. The van der Waals surface area contributed by atoms with Crippen LogP contribution in [0.4, 0.5) is 5.69 Å². The van der Waals surface area contributed by atoms with Crippen LogP contribution in [0.25, 0.3) is 0 Å². The molecule has 0 aliphatic carbocycles. The maximum absolute atomic E-state index is 11.4. The Hall–Kier alpha value is -1.28. The van der Waals surface area contributed by atoms with Crippen LogP contribution in [0.5, 0.6) is 0 Å². The Kier molecular flexibility index (Phi) is 10.5. The van der Waals surface area contributed by atoms with Gasteiger partial charge in [-0.3, -0.25) is 9.83 Å². The Bertz CT molecular complexity index is 404. The summed E-state index contributed by atoms with van der Waals surface area (Å²) in [7, 11) is 0. The van der Waals surface area contributed by atoms with Crippen molar-refractivity contribution in [2.75, 3.05) is 30.3 Å². The summed E-state index contributed by atoms with van der Waals surface area (Å²) in [4.78, 5) is 13.6. The van der Waals surface area contributed by atoms with E-state index in [4.69, 9.17) is 4.74 Å². The van der Waals surface area contributed by atoms with Gasteiger partial charge in [0.1, 0.15) is 0 Å². The van der Waals surface area contributed by atoms with Gasteiger partial charge in [-0.1, -0.05) is 18.2 Å². The molecule has 0 aliphatic rings. The Morgan fingerprint density at radius 2 is 1.95 bits per heavy atom. The number of hydrogen-bond donors (Lipinski definition) is 0. The van der Waals surface area contributed by atoms with Crippen LogP contribution < -0.4 is 10.2 Å². The van der Waals surface area contributed by atoms with Gasteiger partial charge in [-0.15, -0.1) is 0 Å². The Morgan fingerprint density at radius 3 is 2.64 bits per heavy atom. The molecule has 0 bridgehead atoms. The lowest BCUT2D eigenvalue weighted by molar-refractivity contribution is -0.777. The Labute approximate surface area is 135 Å². The molecule has 0 fully saturated rings. The summed E-state index contributed by atoms with van der Waals surface area (Å²) in [5, 5.41) is 13.0. The van der Waals surface area contributed by atoms with E-state index >= 15 is 0 Å². The van der Waals surface area contributed by atoms with Gasteiger partial charge >= 0.3 is 5.97 Å². The second kappa shape index (κ2) is 12.3. The predicted octanol–water partition coefficient (Wildman–Crippen LogP) is 2.10. The first-order valence-corrected chi connectivity index (χ1v) is 8.22. The number of carbonyl (C=O) groups excluding carboxylic acids is 1. The van der Waals surface area contributed by atoms with Crippen LogP contribution in [-0.4, -0.2) is 31.4 Å². The first kappa shape index (κ1) is 18.8. The Balaban J connectivity index is 2.40. The summed E-state index contributed by atoms with van der Waals surface area (Å²) in [6.45, 7) is 3.80. The average Bonchev–Trinajstić information content (AvgIpc) is 2.54. The summed E-state index contributed by atoms with van der Waals surface area (Å²) in [5.74, 6) is 0.496. The van der Waals surface area contributed by atoms with E-state index < -0.39 is 0 Å². The van der Waals surface area contributed by atoms with Gasteiger partial charge in [-0.25, -0.2) is 0 Å². The van der Waals surface area contributed by atoms with Gasteiger partial charge < -0.3 is 14.9 Å². The van der Waals surface area contributed by atoms with E-state index in [2.05, 4.69) is 14.3 Å². The van der Waals surface area contributed by atoms with Gasteiger partial charge in [0.15, 0.2) is 0 Å². The number of ether oxygens (including phenoxy) is 1. The largest absolute Gasteiger partial charge is 0.691 e. The molecule has 0 amide bonds. The van der Waals surface area contributed by atoms with Gasteiger partial charge in [-0.05, 0) is 31.9 Å². The van der Waals surface area contributed by atoms with E-state index in [0.717, 1.165) is 43.7 Å². The van der Waals surface area contributed by atoms with Crippen LogP contribution in [0.3, 0.4) is 0 Å². The van der Waals surface area contributed by atoms with E-state index in [9.17, 15) is 10.1 Å². The lowest BCUT2D eigenvalue weighted by atomic mass is 10.2. The van der Waals surface area contributed by atoms with Gasteiger partial charge in [0.2, 0.25) is 0 Å². The van der Waals surface area contributed by atoms with Crippen LogP contribution in [0.2, 0.25) is 0 Å². The normalized spacial score (nSPS) is 10.5. The zero-order chi connectivity index (χ0) is 16.0. The minimum atomic E-state index is -0.160. The lowest BCUT2D eigenvalue weighted by Crippen LogP contribution is -2.26. The number of benzene rings is 1. The fraction of sp³-hybridized carbons (Fsp3) is 0.533. The highest BCUT2D eigenvalue weighted by Gasteiger charge is 2.08. The quantitative estimate of drug-likeness (QED) is 0.191. The topological polar surface area (TPSA) is 71.1 Å². The molecule has 1 rings (SSSR count). The maximum Gasteiger partial charge on any atom is 0.305 e. The summed E-state index contributed by atoms with van der Waals surface area (Å²) in [5.41, 5.74) is 1.11. The second-order valence-electron chi connectivity index (χ2n) is 4.54. The molecule has 0 aromatic heterocycles. The molecule has 0 radical (unpaired) electrons. The first-order valence-electron chi connectivity index (χ1n) is 7.31. The molecule has 1 aromatic rings. The number of hydrogen-bond acceptors (Lipinski definition) is 7. The monoisotopic (exact) mass is 328 g/mol. The molecule has 0 atom stereocenters. The molecule has 0 N–H and O–H groups in total. The number of carbonyl (C=O) groups is 1. The van der Waals surface area contributed by atoms with Gasteiger partial charge in [0.05, 0.1) is 6.61 Å². The third kappa shape index (κ3) is 8.23. The molecule has 124 valence electrons. The SMILES string of the molecule is CCOC(=O)CCCN(CCCSOO[O-])c1ccccc1. The van der Waals surface area contributed by atoms with E-state index in [1.807, 2.05) is 30.3 Å². The van der Waals surface area contributed by atoms with Crippen molar-refractivity contribution in [2.45, 2.75) is 26.2 Å². The fourth-order valence-electron chi connectivity index (χ4n) is 2.02. The Morgan fingerprint density at radius 1 is 1.23 bits per heavy atom. The third-order valence-corrected chi connectivity index (χ3v) is 3.57. The van der Waals surface area contributed by atoms with E-state index in [1.165, 1.54) is 0 Å². The summed E-state index contributed by atoms with van der Waals surface area (Å²) in [6.07, 6.45) is 1.99. The number of rotatable bonds is 12. The average molecular weight is 328 g/mol. The zero-order valence-electron chi connectivity index (χ0n) is 12.7. The minimum absolute atomic E-state index is 0.160. The van der Waals surface area contributed by atoms with E-state index in [1.54, 1.807) is 6.92 Å². The van der Waals surface area contributed by atoms with Crippen molar-refractivity contribution in [2.24, 2.45) is 0 Å². The van der Waals surface area contributed by atoms with Gasteiger partial charge in [0, 0.05) is 43.0 Å². The fourth-order valence-corrected chi connectivity index (χ4v) is 2.38. The number of esters is 1. The summed E-state index contributed by atoms with van der Waals surface area (Å²) in [6, 6.07) is 10.0. The van der Waals surface area contributed by atoms with Crippen molar-refractivity contribution in [3.63, 3.8) is 0 Å². The predicted molar refractivity (Wildman–Crippen MR) is 83.8 cm³/mol. The smallest absolute Gasteiger partial charge is 0.305 e. The molecule has 22 heavy (non-hydrogen) atoms. The van der Waals surface area contributed by atoms with Gasteiger partial charge in [0.25, 0.3) is 0 Å². The molecule has 1 aromatic carbocycles. The van der Waals surface area contributed by atoms with Crippen LogP contribution >= 0.6 is 12.0 Å². The summed E-state index contributed by atoms with van der Waals surface area (Å²) < 4.78 is 9.18. The minimum Gasteiger partial charge on any atom is -0.691 e. The maximum atomic E-state index is 11.4. The molecule has 7 heteroatoms. The van der Waals surface area contributed by atoms with E-state index in [0.29, 0.717) is 18.8 Å². The van der Waals surface area contributed by atoms with Crippen LogP contribution in [-0.2, 0) is 18.9 Å². The van der Waals surface area contributed by atoms with Gasteiger partial charge in [-0.2, -0.15) is 4.33 Å². The third-order valence-electron chi connectivity index (χ3n) is 2.97. The molecule has 0 unspecified atom stereocenters. The molecule has 0 saturated heterocycles. The second-order valence-corrected chi connectivity index (χ2v) is 5.32. The molecule has 0 spiro atoms. The van der Waals surface area contributed by atoms with Crippen molar-refractivity contribution < 1.29 is 24.2 Å². The van der Waals surface area contributed by atoms with E-state index in [-0.39, 0.29) is 5.97 Å². The number of anilines is 1. The highest BCUT2D eigenvalue weighted by molar-refractivity contribution is 7.94. The van der Waals surface area contributed by atoms with Crippen LogP contribution in [0.1, 0.15) is 26.2 Å². The standard InChI is InChI=1S/C15H23NO5S/c1-2-19-15(17)10-6-11-16(12-7-13-22-21-20-18)14-8-4-3-5-9-14/h3-5,8-9,18H,2,6-7,10-13H2,1H3/p-1. The van der Waals surface area contributed by atoms with Crippen molar-refractivity contribution in [3.8, 4) is 0 Å². The van der Waals surface area contributed by atoms with Crippen molar-refractivity contribution in [1.82, 2.24) is 0 Å². The first-order chi connectivity index (χ1) is 10.8. The van der Waals surface area contributed by atoms with Crippen molar-refractivity contribution in [1.29, 1.82) is 0 Å². The summed E-state index contributed by atoms with van der Waals surface area (Å²) >= 11 is 0.990. The molecule has 0 aliphatic heterocycles. The number of nitrogens with zero attached hydrogens (tertiary/aromatic N) is 1. The van der Waals surface area contributed by atoms with Crippen LogP contribution in [0.15, 0.2) is 30.3 Å². The number of para-hydroxylation sites is 1. The zero-order valence-corrected chi connectivity index (χ0v) is 13.5. The molecule has 6 nitrogen and oxygen atoms in total. The van der Waals surface area contributed by atoms with Crippen molar-refractivity contribution in [3.05, 3.63) is 30.3 Å². The lowest BCUT2D eigenvalue weighted by Gasteiger charge is -2.24. The van der Waals surface area contributed by atoms with Crippen molar-refractivity contribution >= 4 is 23.7 Å². The molecular formula is C15H22NO5S-. The molecule has 0 saturated carbocycles. The molecular weight excluding hydrogens is 306 g/mol.